The van der Waals surface area contributed by atoms with Gasteiger partial charge in [-0.05, 0) is 48.0 Å². The van der Waals surface area contributed by atoms with Crippen molar-refractivity contribution in [3.63, 3.8) is 0 Å². The maximum Gasteiger partial charge on any atom is 0.410 e. The number of carbonyl (C=O) groups is 2. The fourth-order valence-corrected chi connectivity index (χ4v) is 2.14. The van der Waals surface area contributed by atoms with E-state index in [1.54, 1.807) is 4.90 Å². The first kappa shape index (κ1) is 17.8. The summed E-state index contributed by atoms with van der Waals surface area (Å²) in [5, 5.41) is 2.78. The third-order valence-corrected chi connectivity index (χ3v) is 3.09. The molecule has 1 fully saturated rings. The van der Waals surface area contributed by atoms with Crippen molar-refractivity contribution in [1.82, 2.24) is 10.2 Å². The number of amides is 2. The molecule has 0 aromatic heterocycles. The van der Waals surface area contributed by atoms with Crippen LogP contribution < -0.4 is 5.32 Å². The number of nitrogens with zero attached hydrogens (tertiary/aromatic N) is 1. The van der Waals surface area contributed by atoms with Crippen molar-refractivity contribution in [2.24, 2.45) is 0 Å². The Labute approximate surface area is 127 Å². The number of carbonyl (C=O) groups excluding carboxylic acids is 2. The van der Waals surface area contributed by atoms with Crippen molar-refractivity contribution in [3.8, 4) is 0 Å². The minimum atomic E-state index is -0.506. The molecule has 1 N–H and O–H groups in total. The monoisotopic (exact) mass is 300 g/mol. The van der Waals surface area contributed by atoms with Gasteiger partial charge >= 0.3 is 6.09 Å². The summed E-state index contributed by atoms with van der Waals surface area (Å²) >= 11 is 0. The van der Waals surface area contributed by atoms with Crippen LogP contribution >= 0.6 is 0 Å². The predicted octanol–water partition coefficient (Wildman–Crippen LogP) is 1.93. The highest BCUT2D eigenvalue weighted by atomic mass is 16.6. The van der Waals surface area contributed by atoms with Crippen LogP contribution in [0.5, 0.6) is 0 Å². The summed E-state index contributed by atoms with van der Waals surface area (Å²) in [5.41, 5.74) is -1.00. The van der Waals surface area contributed by atoms with Crippen LogP contribution in [0.1, 0.15) is 48.0 Å². The van der Waals surface area contributed by atoms with Crippen molar-refractivity contribution in [1.29, 1.82) is 0 Å². The van der Waals surface area contributed by atoms with E-state index in [9.17, 15) is 9.59 Å². The number of rotatable bonds is 4. The largest absolute Gasteiger partial charge is 0.444 e. The third-order valence-electron chi connectivity index (χ3n) is 3.09. The van der Waals surface area contributed by atoms with Gasteiger partial charge in [-0.15, -0.1) is 0 Å². The number of hydrogen-bond donors (Lipinski definition) is 1. The van der Waals surface area contributed by atoms with Gasteiger partial charge in [-0.25, -0.2) is 4.79 Å². The number of likely N-dealkylation sites (tertiary alicyclic amines) is 1. The molecule has 0 spiro atoms. The van der Waals surface area contributed by atoms with Crippen molar-refractivity contribution in [2.75, 3.05) is 19.7 Å². The third kappa shape index (κ3) is 6.33. The fourth-order valence-electron chi connectivity index (χ4n) is 2.14. The van der Waals surface area contributed by atoms with E-state index in [-0.39, 0.29) is 24.6 Å². The molecule has 0 aliphatic carbocycles. The highest BCUT2D eigenvalue weighted by molar-refractivity contribution is 5.77. The van der Waals surface area contributed by atoms with Crippen LogP contribution in [-0.4, -0.2) is 53.8 Å². The molecule has 2 amide bonds. The lowest BCUT2D eigenvalue weighted by Gasteiger charge is -2.27. The van der Waals surface area contributed by atoms with E-state index < -0.39 is 11.2 Å². The maximum absolute atomic E-state index is 12.0. The lowest BCUT2D eigenvalue weighted by molar-refractivity contribution is -0.132. The molecule has 1 unspecified atom stereocenters. The maximum atomic E-state index is 12.0. The first-order valence-electron chi connectivity index (χ1n) is 7.42. The molecule has 0 saturated carbocycles. The Bertz CT molecular complexity index is 390. The zero-order valence-electron chi connectivity index (χ0n) is 14.0. The molecular formula is C15H28N2O4. The Morgan fingerprint density at radius 3 is 2.48 bits per heavy atom. The summed E-state index contributed by atoms with van der Waals surface area (Å²) in [5.74, 6) is -0.137. The molecule has 6 heteroatoms. The zero-order chi connectivity index (χ0) is 16.3. The van der Waals surface area contributed by atoms with Crippen LogP contribution in [0.4, 0.5) is 4.79 Å². The summed E-state index contributed by atoms with van der Waals surface area (Å²) in [6, 6.07) is 0.0933. The van der Waals surface area contributed by atoms with Crippen molar-refractivity contribution < 1.29 is 19.1 Å². The van der Waals surface area contributed by atoms with Crippen molar-refractivity contribution in [2.45, 2.75) is 65.2 Å². The number of ether oxygens (including phenoxy) is 2. The minimum absolute atomic E-state index is 0.0108. The molecule has 21 heavy (non-hydrogen) atoms. The van der Waals surface area contributed by atoms with Gasteiger partial charge < -0.3 is 19.7 Å². The van der Waals surface area contributed by atoms with Crippen molar-refractivity contribution >= 4 is 12.0 Å². The molecule has 1 heterocycles. The molecule has 1 aliphatic rings. The molecule has 1 rings (SSSR count). The number of nitrogens with one attached hydrogen (secondary N) is 1. The Morgan fingerprint density at radius 1 is 1.33 bits per heavy atom. The Morgan fingerprint density at radius 2 is 1.95 bits per heavy atom. The van der Waals surface area contributed by atoms with Gasteiger partial charge in [-0.2, -0.15) is 0 Å². The predicted molar refractivity (Wildman–Crippen MR) is 80.1 cm³/mol. The van der Waals surface area contributed by atoms with Gasteiger partial charge in [0.15, 0.2) is 0 Å². The van der Waals surface area contributed by atoms with E-state index in [0.717, 1.165) is 0 Å². The number of hydrogen-bond acceptors (Lipinski definition) is 4. The minimum Gasteiger partial charge on any atom is -0.444 e. The Kier molecular flexibility index (Phi) is 5.61. The SMILES string of the molecule is CC(C)NC(=O)COC1(C)CCN(C(=O)OC(C)(C)C)C1. The summed E-state index contributed by atoms with van der Waals surface area (Å²) in [7, 11) is 0. The summed E-state index contributed by atoms with van der Waals surface area (Å²) in [4.78, 5) is 25.2. The van der Waals surface area contributed by atoms with Crippen LogP contribution in [0, 0.1) is 0 Å². The average molecular weight is 300 g/mol. The summed E-state index contributed by atoms with van der Waals surface area (Å²) < 4.78 is 11.0. The topological polar surface area (TPSA) is 67.9 Å². The van der Waals surface area contributed by atoms with E-state index in [2.05, 4.69) is 5.32 Å². The van der Waals surface area contributed by atoms with Gasteiger partial charge in [0, 0.05) is 12.6 Å². The van der Waals surface area contributed by atoms with Crippen LogP contribution in [0.15, 0.2) is 0 Å². The summed E-state index contributed by atoms with van der Waals surface area (Å²) in [6.07, 6.45) is 0.364. The normalized spacial score (nSPS) is 22.5. The molecule has 122 valence electrons. The second-order valence-corrected chi connectivity index (χ2v) is 7.11. The lowest BCUT2D eigenvalue weighted by Crippen LogP contribution is -2.41. The molecule has 6 nitrogen and oxygen atoms in total. The van der Waals surface area contributed by atoms with Crippen LogP contribution in [0.2, 0.25) is 0 Å². The second-order valence-electron chi connectivity index (χ2n) is 7.11. The standard InChI is InChI=1S/C15H28N2O4/c1-11(2)16-12(18)9-20-15(6)7-8-17(10-15)13(19)21-14(3,4)5/h11H,7-10H2,1-6H3,(H,16,18). The molecule has 0 aromatic carbocycles. The molecule has 1 aliphatic heterocycles. The molecule has 0 aromatic rings. The van der Waals surface area contributed by atoms with Gasteiger partial charge in [0.25, 0.3) is 0 Å². The summed E-state index contributed by atoms with van der Waals surface area (Å²) in [6.45, 7) is 12.3. The molecule has 0 bridgehead atoms. The van der Waals surface area contributed by atoms with Gasteiger partial charge in [0.2, 0.25) is 5.91 Å². The van der Waals surface area contributed by atoms with Gasteiger partial charge in [0.1, 0.15) is 12.2 Å². The van der Waals surface area contributed by atoms with E-state index in [1.165, 1.54) is 0 Å². The first-order chi connectivity index (χ1) is 9.51. The Hall–Kier alpha value is -1.30. The van der Waals surface area contributed by atoms with Crippen LogP contribution in [0.25, 0.3) is 0 Å². The molecule has 1 saturated heterocycles. The Balaban J connectivity index is 2.44. The second kappa shape index (κ2) is 6.64. The quantitative estimate of drug-likeness (QED) is 0.861. The van der Waals surface area contributed by atoms with Crippen LogP contribution in [0.3, 0.4) is 0 Å². The zero-order valence-corrected chi connectivity index (χ0v) is 14.0. The smallest absolute Gasteiger partial charge is 0.410 e. The molecular weight excluding hydrogens is 272 g/mol. The van der Waals surface area contributed by atoms with E-state index >= 15 is 0 Å². The first-order valence-corrected chi connectivity index (χ1v) is 7.42. The fraction of sp³-hybridized carbons (Fsp3) is 0.867. The average Bonchev–Trinajstić information content (AvgIpc) is 2.67. The highest BCUT2D eigenvalue weighted by Crippen LogP contribution is 2.26. The van der Waals surface area contributed by atoms with E-state index in [0.29, 0.717) is 19.5 Å². The van der Waals surface area contributed by atoms with Gasteiger partial charge in [-0.3, -0.25) is 4.79 Å². The molecule has 1 atom stereocenters. The van der Waals surface area contributed by atoms with Crippen molar-refractivity contribution in [3.05, 3.63) is 0 Å². The van der Waals surface area contributed by atoms with Gasteiger partial charge in [-0.1, -0.05) is 0 Å². The van der Waals surface area contributed by atoms with E-state index in [4.69, 9.17) is 9.47 Å². The highest BCUT2D eigenvalue weighted by Gasteiger charge is 2.39. The van der Waals surface area contributed by atoms with E-state index in [1.807, 2.05) is 41.5 Å². The lowest BCUT2D eigenvalue weighted by atomic mass is 10.1. The van der Waals surface area contributed by atoms with Gasteiger partial charge in [0.05, 0.1) is 12.1 Å². The van der Waals surface area contributed by atoms with Crippen LogP contribution in [-0.2, 0) is 14.3 Å². The molecule has 0 radical (unpaired) electrons.